The monoisotopic (exact) mass is 614 g/mol. The first kappa shape index (κ1) is 28.5. The molecular weight excluding hydrogens is 576 g/mol. The molecule has 3 aromatic heterocycles. The maximum absolute atomic E-state index is 12.3. The summed E-state index contributed by atoms with van der Waals surface area (Å²) in [7, 11) is 0. The summed E-state index contributed by atoms with van der Waals surface area (Å²) in [5.74, 6) is 1.11. The van der Waals surface area contributed by atoms with Gasteiger partial charge < -0.3 is 21.1 Å². The van der Waals surface area contributed by atoms with E-state index in [9.17, 15) is 4.79 Å². The number of fused-ring (bicyclic) bond motifs is 1. The van der Waals surface area contributed by atoms with Gasteiger partial charge in [0.1, 0.15) is 17.9 Å². The Morgan fingerprint density at radius 1 is 0.935 bits per heavy atom. The van der Waals surface area contributed by atoms with E-state index in [4.69, 9.17) is 26.2 Å². The van der Waals surface area contributed by atoms with Crippen LogP contribution in [0.3, 0.4) is 0 Å². The van der Waals surface area contributed by atoms with Crippen molar-refractivity contribution in [1.82, 2.24) is 24.4 Å². The van der Waals surface area contributed by atoms with Crippen LogP contribution in [-0.2, 0) is 10.3 Å². The molecule has 5 aromatic rings. The van der Waals surface area contributed by atoms with Gasteiger partial charge in [0, 0.05) is 47.8 Å². The summed E-state index contributed by atoms with van der Waals surface area (Å²) < 4.78 is 7.35. The van der Waals surface area contributed by atoms with Crippen LogP contribution in [0.5, 0.6) is 0 Å². The fraction of sp³-hybridized carbons (Fsp3) is 0.333. The minimum atomic E-state index is -0.240. The molecule has 46 heavy (non-hydrogen) atoms. The summed E-state index contributed by atoms with van der Waals surface area (Å²) in [6, 6.07) is 25.2. The Morgan fingerprint density at radius 2 is 1.74 bits per heavy atom. The van der Waals surface area contributed by atoms with Gasteiger partial charge in [0.2, 0.25) is 0 Å². The lowest BCUT2D eigenvalue weighted by atomic mass is 9.73. The van der Waals surface area contributed by atoms with E-state index >= 15 is 0 Å². The number of pyridine rings is 2. The second kappa shape index (κ2) is 11.1. The molecular formula is C36H38N8O2. The zero-order chi connectivity index (χ0) is 31.4. The summed E-state index contributed by atoms with van der Waals surface area (Å²) in [6.45, 7) is 4.29. The number of rotatable bonds is 6. The highest BCUT2D eigenvalue weighted by molar-refractivity contribution is 5.85. The highest BCUT2D eigenvalue weighted by Crippen LogP contribution is 2.39. The number of piperidine rings is 1. The first-order chi connectivity index (χ1) is 22.4. The van der Waals surface area contributed by atoms with Crippen molar-refractivity contribution in [1.29, 1.82) is 0 Å². The zero-order valence-corrected chi connectivity index (χ0v) is 26.0. The maximum Gasteiger partial charge on any atom is 0.410 e. The number of cyclic esters (lactones) is 1. The molecule has 3 fully saturated rings. The summed E-state index contributed by atoms with van der Waals surface area (Å²) in [5.41, 5.74) is 20.1. The van der Waals surface area contributed by atoms with Crippen molar-refractivity contribution in [2.45, 2.75) is 56.7 Å². The summed E-state index contributed by atoms with van der Waals surface area (Å²) in [6.07, 6.45) is 6.51. The van der Waals surface area contributed by atoms with Gasteiger partial charge >= 0.3 is 6.09 Å². The first-order valence-electron chi connectivity index (χ1n) is 16.2. The van der Waals surface area contributed by atoms with E-state index in [1.807, 2.05) is 29.2 Å². The number of amides is 1. The van der Waals surface area contributed by atoms with Crippen molar-refractivity contribution < 1.29 is 9.53 Å². The molecule has 1 unspecified atom stereocenters. The number of benzene rings is 2. The molecule has 5 heterocycles. The lowest BCUT2D eigenvalue weighted by Crippen LogP contribution is -2.47. The molecule has 10 heteroatoms. The number of ether oxygens (including phenoxy) is 1. The van der Waals surface area contributed by atoms with E-state index in [2.05, 4.69) is 69.9 Å². The van der Waals surface area contributed by atoms with Crippen LogP contribution in [0.1, 0.15) is 44.6 Å². The predicted octanol–water partition coefficient (Wildman–Crippen LogP) is 5.88. The highest BCUT2D eigenvalue weighted by Gasteiger charge is 2.37. The number of anilines is 2. The number of hydrogen-bond acceptors (Lipinski definition) is 8. The third-order valence-electron chi connectivity index (χ3n) is 10.0. The Morgan fingerprint density at radius 3 is 2.43 bits per heavy atom. The van der Waals surface area contributed by atoms with Gasteiger partial charge in [-0.2, -0.15) is 0 Å². The number of aromatic nitrogens is 4. The average molecular weight is 615 g/mol. The minimum Gasteiger partial charge on any atom is -0.447 e. The molecule has 10 nitrogen and oxygen atoms in total. The van der Waals surface area contributed by atoms with Crippen LogP contribution in [-0.4, -0.2) is 62.3 Å². The average Bonchev–Trinajstić information content (AvgIpc) is 3.62. The Balaban J connectivity index is 1.14. The smallest absolute Gasteiger partial charge is 0.410 e. The molecule has 0 radical (unpaired) electrons. The van der Waals surface area contributed by atoms with E-state index in [1.165, 1.54) is 0 Å². The number of imidazole rings is 1. The van der Waals surface area contributed by atoms with E-state index in [0.717, 1.165) is 90.1 Å². The van der Waals surface area contributed by atoms with E-state index in [-0.39, 0.29) is 23.7 Å². The van der Waals surface area contributed by atoms with Crippen molar-refractivity contribution in [3.63, 3.8) is 0 Å². The molecule has 2 saturated heterocycles. The summed E-state index contributed by atoms with van der Waals surface area (Å²) >= 11 is 0. The summed E-state index contributed by atoms with van der Waals surface area (Å²) in [4.78, 5) is 31.1. The number of hydrogen-bond donors (Lipinski definition) is 2. The summed E-state index contributed by atoms with van der Waals surface area (Å²) in [5, 5.41) is 0. The van der Waals surface area contributed by atoms with Crippen molar-refractivity contribution in [2.75, 3.05) is 30.3 Å². The van der Waals surface area contributed by atoms with Gasteiger partial charge in [-0.25, -0.2) is 19.7 Å². The van der Waals surface area contributed by atoms with Crippen molar-refractivity contribution in [2.24, 2.45) is 5.73 Å². The number of nitrogens with two attached hydrogens (primary N) is 2. The van der Waals surface area contributed by atoms with Gasteiger partial charge in [-0.15, -0.1) is 0 Å². The number of carbonyl (C=O) groups excluding carboxylic acids is 1. The molecule has 2 aromatic carbocycles. The largest absolute Gasteiger partial charge is 0.447 e. The molecule has 1 atom stereocenters. The third-order valence-corrected chi connectivity index (χ3v) is 10.0. The normalized spacial score (nSPS) is 19.8. The van der Waals surface area contributed by atoms with Crippen LogP contribution < -0.4 is 16.4 Å². The van der Waals surface area contributed by atoms with E-state index < -0.39 is 0 Å². The lowest BCUT2D eigenvalue weighted by Gasteiger charge is -2.38. The Labute approximate surface area is 268 Å². The van der Waals surface area contributed by atoms with Gasteiger partial charge in [0.25, 0.3) is 0 Å². The van der Waals surface area contributed by atoms with Crippen LogP contribution in [0.15, 0.2) is 79.0 Å². The van der Waals surface area contributed by atoms with Gasteiger partial charge in [-0.3, -0.25) is 9.47 Å². The van der Waals surface area contributed by atoms with Crippen LogP contribution in [0.2, 0.25) is 0 Å². The Kier molecular flexibility index (Phi) is 6.90. The van der Waals surface area contributed by atoms with Gasteiger partial charge in [0.15, 0.2) is 11.5 Å². The molecule has 1 aliphatic carbocycles. The first-order valence-corrected chi connectivity index (χ1v) is 16.2. The van der Waals surface area contributed by atoms with Crippen LogP contribution >= 0.6 is 0 Å². The van der Waals surface area contributed by atoms with Crippen molar-refractivity contribution in [3.8, 4) is 28.3 Å². The molecule has 0 bridgehead atoms. The van der Waals surface area contributed by atoms with Crippen molar-refractivity contribution >= 4 is 28.8 Å². The fourth-order valence-electron chi connectivity index (χ4n) is 7.24. The molecule has 0 spiro atoms. The van der Waals surface area contributed by atoms with E-state index in [1.54, 1.807) is 6.20 Å². The van der Waals surface area contributed by atoms with Gasteiger partial charge in [-0.05, 0) is 93.1 Å². The predicted molar refractivity (Wildman–Crippen MR) is 180 cm³/mol. The molecule has 4 N–H and O–H groups in total. The van der Waals surface area contributed by atoms with Crippen LogP contribution in [0, 0.1) is 0 Å². The van der Waals surface area contributed by atoms with Crippen LogP contribution in [0.4, 0.5) is 16.3 Å². The maximum atomic E-state index is 12.3. The number of nitrogen functional groups attached to an aromatic ring is 1. The van der Waals surface area contributed by atoms with Crippen LogP contribution in [0.25, 0.3) is 39.5 Å². The SMILES string of the molecule is CC1COC(=O)N1C1CCN(c2cccc(-c3ccc4nc(-c5cccnc5N)n(-c5ccc(C6(N)CCC6)cc5)c4n3)c2)CC1. The number of nitrogens with zero attached hydrogens (tertiary/aromatic N) is 6. The Bertz CT molecular complexity index is 1920. The lowest BCUT2D eigenvalue weighted by molar-refractivity contribution is 0.138. The molecule has 1 saturated carbocycles. The molecule has 2 aliphatic heterocycles. The fourth-order valence-corrected chi connectivity index (χ4v) is 7.24. The molecule has 234 valence electrons. The second-order valence-electron chi connectivity index (χ2n) is 12.9. The quantitative estimate of drug-likeness (QED) is 0.243. The van der Waals surface area contributed by atoms with Crippen molar-refractivity contribution in [3.05, 3.63) is 84.6 Å². The molecule has 3 aliphatic rings. The third kappa shape index (κ3) is 4.84. The minimum absolute atomic E-state index is 0.134. The topological polar surface area (TPSA) is 128 Å². The Hall–Kier alpha value is -4.96. The second-order valence-corrected chi connectivity index (χ2v) is 12.9. The molecule has 1 amide bonds. The standard InChI is InChI=1S/C36H38N8O2/c1-23-22-46-35(45)43(23)27-14-19-42(20-15-27)28-6-2-5-24(21-28)30-12-13-31-34(40-30)44(33(41-31)29-7-3-18-39-32(29)37)26-10-8-25(9-11-26)36(38)16-4-17-36/h2-3,5-13,18,21,23,27H,4,14-17,19-20,22,38H2,1H3,(H2,37,39). The van der Waals surface area contributed by atoms with E-state index in [0.29, 0.717) is 18.2 Å². The highest BCUT2D eigenvalue weighted by atomic mass is 16.6. The number of carbonyl (C=O) groups is 1. The van der Waals surface area contributed by atoms with Gasteiger partial charge in [0.05, 0.1) is 17.3 Å². The molecule has 8 rings (SSSR count). The zero-order valence-electron chi connectivity index (χ0n) is 26.0. The van der Waals surface area contributed by atoms with Gasteiger partial charge in [-0.1, -0.05) is 24.3 Å².